The van der Waals surface area contributed by atoms with Gasteiger partial charge in [-0.2, -0.15) is 0 Å². The largest absolute Gasteiger partial charge is 0.377 e. The van der Waals surface area contributed by atoms with Gasteiger partial charge < -0.3 is 10.1 Å². The minimum Gasteiger partial charge on any atom is -0.377 e. The monoisotopic (exact) mass is 222 g/mol. The van der Waals surface area contributed by atoms with E-state index >= 15 is 0 Å². The van der Waals surface area contributed by atoms with Crippen molar-refractivity contribution in [3.05, 3.63) is 29.6 Å². The summed E-state index contributed by atoms with van der Waals surface area (Å²) in [5.41, 5.74) is 2.48. The van der Waals surface area contributed by atoms with Crippen molar-refractivity contribution in [3.63, 3.8) is 0 Å². The first-order valence-electron chi connectivity index (χ1n) is 5.90. The molecule has 0 spiro atoms. The summed E-state index contributed by atoms with van der Waals surface area (Å²) >= 11 is 0. The number of hydrogen-bond acceptors (Lipinski definition) is 3. The SMILES string of the molecule is CCNC(COC(C)C)c1ccncc1C. The number of likely N-dealkylation sites (N-methyl/N-ethyl adjacent to an activating group) is 1. The van der Waals surface area contributed by atoms with E-state index < -0.39 is 0 Å². The number of pyridine rings is 1. The van der Waals surface area contributed by atoms with Crippen LogP contribution in [0.2, 0.25) is 0 Å². The van der Waals surface area contributed by atoms with Gasteiger partial charge in [0.25, 0.3) is 0 Å². The predicted molar refractivity (Wildman–Crippen MR) is 66.5 cm³/mol. The summed E-state index contributed by atoms with van der Waals surface area (Å²) in [7, 11) is 0. The molecule has 0 amide bonds. The molecule has 1 aromatic heterocycles. The Morgan fingerprint density at radius 2 is 2.19 bits per heavy atom. The number of rotatable bonds is 6. The highest BCUT2D eigenvalue weighted by atomic mass is 16.5. The van der Waals surface area contributed by atoms with Crippen molar-refractivity contribution in [2.24, 2.45) is 0 Å². The molecule has 0 aliphatic carbocycles. The predicted octanol–water partition coefficient (Wildman–Crippen LogP) is 2.47. The fraction of sp³-hybridized carbons (Fsp3) is 0.615. The first-order valence-corrected chi connectivity index (χ1v) is 5.90. The molecule has 3 heteroatoms. The zero-order valence-electron chi connectivity index (χ0n) is 10.7. The highest BCUT2D eigenvalue weighted by Gasteiger charge is 2.13. The fourth-order valence-electron chi connectivity index (χ4n) is 1.67. The third kappa shape index (κ3) is 3.91. The van der Waals surface area contributed by atoms with Gasteiger partial charge in [-0.15, -0.1) is 0 Å². The molecule has 0 aliphatic heterocycles. The maximum absolute atomic E-state index is 5.68. The van der Waals surface area contributed by atoms with Crippen LogP contribution in [0.25, 0.3) is 0 Å². The van der Waals surface area contributed by atoms with Crippen LogP contribution in [-0.4, -0.2) is 24.2 Å². The van der Waals surface area contributed by atoms with Crippen molar-refractivity contribution in [2.75, 3.05) is 13.2 Å². The van der Waals surface area contributed by atoms with E-state index in [0.29, 0.717) is 6.61 Å². The maximum atomic E-state index is 5.68. The molecule has 1 unspecified atom stereocenters. The highest BCUT2D eigenvalue weighted by molar-refractivity contribution is 5.25. The first kappa shape index (κ1) is 13.1. The number of aryl methyl sites for hydroxylation is 1. The van der Waals surface area contributed by atoms with Crippen LogP contribution >= 0.6 is 0 Å². The van der Waals surface area contributed by atoms with Crippen LogP contribution in [-0.2, 0) is 4.74 Å². The second kappa shape index (κ2) is 6.61. The second-order valence-corrected chi connectivity index (χ2v) is 4.22. The molecule has 0 aromatic carbocycles. The van der Waals surface area contributed by atoms with Gasteiger partial charge in [0.1, 0.15) is 0 Å². The molecule has 0 fully saturated rings. The van der Waals surface area contributed by atoms with Gasteiger partial charge in [0.05, 0.1) is 18.8 Å². The molecule has 1 aromatic rings. The average Bonchev–Trinajstić information content (AvgIpc) is 2.25. The second-order valence-electron chi connectivity index (χ2n) is 4.22. The van der Waals surface area contributed by atoms with Gasteiger partial charge in [0.15, 0.2) is 0 Å². The minimum absolute atomic E-state index is 0.260. The highest BCUT2D eigenvalue weighted by Crippen LogP contribution is 2.17. The minimum atomic E-state index is 0.260. The van der Waals surface area contributed by atoms with Gasteiger partial charge in [-0.3, -0.25) is 4.98 Å². The zero-order valence-corrected chi connectivity index (χ0v) is 10.7. The van der Waals surface area contributed by atoms with E-state index in [4.69, 9.17) is 4.74 Å². The summed E-state index contributed by atoms with van der Waals surface area (Å²) < 4.78 is 5.68. The Bertz CT molecular complexity index is 313. The summed E-state index contributed by atoms with van der Waals surface area (Å²) in [6.45, 7) is 9.95. The average molecular weight is 222 g/mol. The first-order chi connectivity index (χ1) is 7.65. The van der Waals surface area contributed by atoms with Crippen LogP contribution in [0, 0.1) is 6.92 Å². The van der Waals surface area contributed by atoms with Crippen molar-refractivity contribution in [2.45, 2.75) is 39.8 Å². The third-order valence-corrected chi connectivity index (χ3v) is 2.49. The van der Waals surface area contributed by atoms with E-state index in [1.54, 1.807) is 0 Å². The molecule has 0 bridgehead atoms. The molecule has 16 heavy (non-hydrogen) atoms. The molecule has 0 aliphatic rings. The van der Waals surface area contributed by atoms with Gasteiger partial charge in [-0.1, -0.05) is 6.92 Å². The Hall–Kier alpha value is -0.930. The molecule has 1 rings (SSSR count). The molecular formula is C13H22N2O. The van der Waals surface area contributed by atoms with Crippen molar-refractivity contribution in [1.82, 2.24) is 10.3 Å². The van der Waals surface area contributed by atoms with E-state index in [2.05, 4.69) is 44.1 Å². The summed E-state index contributed by atoms with van der Waals surface area (Å²) in [4.78, 5) is 4.11. The lowest BCUT2D eigenvalue weighted by atomic mass is 10.0. The topological polar surface area (TPSA) is 34.1 Å². The lowest BCUT2D eigenvalue weighted by Gasteiger charge is -2.21. The summed E-state index contributed by atoms with van der Waals surface area (Å²) in [6.07, 6.45) is 4.00. The van der Waals surface area contributed by atoms with Crippen molar-refractivity contribution < 1.29 is 4.74 Å². The zero-order chi connectivity index (χ0) is 12.0. The standard InChI is InChI=1S/C13H22N2O/c1-5-15-13(9-16-10(2)3)12-6-7-14-8-11(12)4/h6-8,10,13,15H,5,9H2,1-4H3. The van der Waals surface area contributed by atoms with Gasteiger partial charge in [0.2, 0.25) is 0 Å². The van der Waals surface area contributed by atoms with Crippen LogP contribution in [0.1, 0.15) is 37.9 Å². The van der Waals surface area contributed by atoms with Crippen LogP contribution in [0.4, 0.5) is 0 Å². The van der Waals surface area contributed by atoms with Crippen LogP contribution in [0.5, 0.6) is 0 Å². The summed E-state index contributed by atoms with van der Waals surface area (Å²) in [5.74, 6) is 0. The number of aromatic nitrogens is 1. The van der Waals surface area contributed by atoms with E-state index in [9.17, 15) is 0 Å². The Morgan fingerprint density at radius 3 is 2.75 bits per heavy atom. The molecule has 1 N–H and O–H groups in total. The molecule has 90 valence electrons. The van der Waals surface area contributed by atoms with Gasteiger partial charge in [-0.05, 0) is 44.5 Å². The third-order valence-electron chi connectivity index (χ3n) is 2.49. The Balaban J connectivity index is 2.73. The number of nitrogens with one attached hydrogen (secondary N) is 1. The van der Waals surface area contributed by atoms with Crippen LogP contribution in [0.3, 0.4) is 0 Å². The Kier molecular flexibility index (Phi) is 5.43. The number of nitrogens with zero attached hydrogens (tertiary/aromatic N) is 1. The van der Waals surface area contributed by atoms with E-state index in [-0.39, 0.29) is 12.1 Å². The van der Waals surface area contributed by atoms with Gasteiger partial charge >= 0.3 is 0 Å². The van der Waals surface area contributed by atoms with Crippen LogP contribution in [0.15, 0.2) is 18.5 Å². The summed E-state index contributed by atoms with van der Waals surface area (Å²) in [5, 5.41) is 3.44. The molecule has 1 atom stereocenters. The number of ether oxygens (including phenoxy) is 1. The summed E-state index contributed by atoms with van der Waals surface area (Å²) in [6, 6.07) is 2.32. The normalized spacial score (nSPS) is 13.1. The van der Waals surface area contributed by atoms with Gasteiger partial charge in [-0.25, -0.2) is 0 Å². The lowest BCUT2D eigenvalue weighted by Crippen LogP contribution is -2.27. The van der Waals surface area contributed by atoms with Crippen molar-refractivity contribution in [1.29, 1.82) is 0 Å². The quantitative estimate of drug-likeness (QED) is 0.803. The molecular weight excluding hydrogens is 200 g/mol. The fourth-order valence-corrected chi connectivity index (χ4v) is 1.67. The molecule has 0 saturated carbocycles. The van der Waals surface area contributed by atoms with Crippen molar-refractivity contribution in [3.8, 4) is 0 Å². The van der Waals surface area contributed by atoms with E-state index in [0.717, 1.165) is 6.54 Å². The van der Waals surface area contributed by atoms with Crippen LogP contribution < -0.4 is 5.32 Å². The van der Waals surface area contributed by atoms with Gasteiger partial charge in [0, 0.05) is 12.4 Å². The number of hydrogen-bond donors (Lipinski definition) is 1. The van der Waals surface area contributed by atoms with Crippen molar-refractivity contribution >= 4 is 0 Å². The molecule has 0 saturated heterocycles. The molecule has 3 nitrogen and oxygen atoms in total. The van der Waals surface area contributed by atoms with E-state index in [1.165, 1.54) is 11.1 Å². The smallest absolute Gasteiger partial charge is 0.0665 e. The molecule has 0 radical (unpaired) electrons. The van der Waals surface area contributed by atoms with E-state index in [1.807, 2.05) is 12.4 Å². The maximum Gasteiger partial charge on any atom is 0.0665 e. The Morgan fingerprint density at radius 1 is 1.44 bits per heavy atom. The molecule has 1 heterocycles. The lowest BCUT2D eigenvalue weighted by molar-refractivity contribution is 0.0613. The Labute approximate surface area is 98.2 Å².